The number of nitrogens with zero attached hydrogens (tertiary/aromatic N) is 5. The van der Waals surface area contributed by atoms with E-state index in [1.165, 1.54) is 47.5 Å². The van der Waals surface area contributed by atoms with E-state index in [4.69, 9.17) is 16.7 Å². The van der Waals surface area contributed by atoms with Gasteiger partial charge in [-0.1, -0.05) is 23.7 Å². The number of carbonyl (C=O) groups is 5. The summed E-state index contributed by atoms with van der Waals surface area (Å²) in [7, 11) is 0. The van der Waals surface area contributed by atoms with Crippen molar-refractivity contribution in [3.63, 3.8) is 0 Å². The van der Waals surface area contributed by atoms with Crippen LogP contribution in [0, 0.1) is 0 Å². The lowest BCUT2D eigenvalue weighted by Crippen LogP contribution is -2.49. The molecule has 1 atom stereocenters. The summed E-state index contributed by atoms with van der Waals surface area (Å²) in [4.78, 5) is 67.1. The number of aromatic carboxylic acids is 1. The molecule has 5 rings (SSSR count). The number of hydrogen-bond donors (Lipinski definition) is 5. The maximum absolute atomic E-state index is 13.4. The predicted molar refractivity (Wildman–Crippen MR) is 169 cm³/mol. The second kappa shape index (κ2) is 14.5. The molecule has 0 aliphatic carbocycles. The van der Waals surface area contributed by atoms with E-state index in [0.29, 0.717) is 22.5 Å². The van der Waals surface area contributed by atoms with Crippen LogP contribution in [0.25, 0.3) is 5.69 Å². The number of anilines is 3. The first-order valence-corrected chi connectivity index (χ1v) is 14.1. The molecule has 0 aliphatic heterocycles. The van der Waals surface area contributed by atoms with Gasteiger partial charge in [0.25, 0.3) is 5.91 Å². The fraction of sp³-hybridized carbons (Fsp3) is 0.0645. The van der Waals surface area contributed by atoms with Crippen LogP contribution in [0.1, 0.15) is 26.3 Å². The summed E-state index contributed by atoms with van der Waals surface area (Å²) >= 11 is 6.11. The molecule has 0 saturated heterocycles. The summed E-state index contributed by atoms with van der Waals surface area (Å²) in [5.41, 5.74) is 2.18. The number of carboxylic acids is 1. The zero-order valence-corrected chi connectivity index (χ0v) is 24.9. The highest BCUT2D eigenvalue weighted by molar-refractivity contribution is 6.40. The van der Waals surface area contributed by atoms with Crippen LogP contribution in [0.5, 0.6) is 0 Å². The monoisotopic (exact) mass is 653 g/mol. The van der Waals surface area contributed by atoms with Crippen LogP contribution in [0.3, 0.4) is 0 Å². The number of nitrogens with one attached hydrogen (secondary N) is 4. The molecule has 0 radical (unpaired) electrons. The Morgan fingerprint density at radius 2 is 1.55 bits per heavy atom. The molecule has 0 fully saturated rings. The quantitative estimate of drug-likeness (QED) is 0.139. The van der Waals surface area contributed by atoms with Gasteiger partial charge in [0.15, 0.2) is 0 Å². The molecule has 16 heteroatoms. The van der Waals surface area contributed by atoms with Gasteiger partial charge >= 0.3 is 17.8 Å². The third-order valence-corrected chi connectivity index (χ3v) is 6.84. The zero-order chi connectivity index (χ0) is 33.3. The maximum Gasteiger partial charge on any atom is 0.335 e. The number of carbonyl (C=O) groups excluding carboxylic acids is 4. The van der Waals surface area contributed by atoms with Crippen LogP contribution >= 0.6 is 11.6 Å². The third-order valence-electron chi connectivity index (χ3n) is 6.61. The van der Waals surface area contributed by atoms with Crippen molar-refractivity contribution >= 4 is 58.3 Å². The lowest BCUT2D eigenvalue weighted by Gasteiger charge is -2.19. The molecular weight excluding hydrogens is 630 g/mol. The average molecular weight is 654 g/mol. The number of rotatable bonds is 10. The topological polar surface area (TPSA) is 210 Å². The van der Waals surface area contributed by atoms with E-state index in [1.54, 1.807) is 54.7 Å². The summed E-state index contributed by atoms with van der Waals surface area (Å²) in [5.74, 6) is -4.41. The average Bonchev–Trinajstić information content (AvgIpc) is 3.61. The molecule has 0 aliphatic rings. The summed E-state index contributed by atoms with van der Waals surface area (Å²) in [6.45, 7) is 0. The van der Waals surface area contributed by atoms with Gasteiger partial charge in [-0.2, -0.15) is 4.68 Å². The molecule has 4 amide bonds. The molecular formula is C31H24ClN9O6. The largest absolute Gasteiger partial charge is 0.478 e. The minimum atomic E-state index is -1.26. The number of benzene rings is 3. The van der Waals surface area contributed by atoms with Gasteiger partial charge in [-0.05, 0) is 82.7 Å². The molecule has 47 heavy (non-hydrogen) atoms. The highest BCUT2D eigenvalue weighted by Gasteiger charge is 2.26. The summed E-state index contributed by atoms with van der Waals surface area (Å²) in [5, 5.41) is 30.7. The summed E-state index contributed by atoms with van der Waals surface area (Å²) < 4.78 is 1.26. The summed E-state index contributed by atoms with van der Waals surface area (Å²) in [6, 6.07) is 18.4. The molecule has 236 valence electrons. The Hall–Kier alpha value is -6.48. The normalized spacial score (nSPS) is 11.2. The van der Waals surface area contributed by atoms with Crippen molar-refractivity contribution in [1.29, 1.82) is 0 Å². The second-order valence-corrected chi connectivity index (χ2v) is 10.3. The lowest BCUT2D eigenvalue weighted by atomic mass is 10.0. The minimum absolute atomic E-state index is 0.0160. The standard InChI is InChI=1S/C31H24ClN9O6/c32-21-7-12-26(41-17-34-39-40-41)24(15-21)37-29(44)30(45)38-25(28(43)36-23-10-5-19(6-11-23)31(46)47)14-18-3-8-22(9-4-18)35-27(42)20-2-1-13-33-16-20/h1-13,15-17,25H,14H2,(H,35,42)(H,36,43)(H,37,44)(H,38,45)(H,46,47). The number of carboxylic acid groups (broad SMARTS) is 1. The maximum atomic E-state index is 13.4. The second-order valence-electron chi connectivity index (χ2n) is 9.86. The lowest BCUT2D eigenvalue weighted by molar-refractivity contribution is -0.137. The van der Waals surface area contributed by atoms with Gasteiger partial charge in [0.2, 0.25) is 5.91 Å². The Bertz CT molecular complexity index is 1920. The summed E-state index contributed by atoms with van der Waals surface area (Å²) in [6.07, 6.45) is 4.22. The Morgan fingerprint density at radius 3 is 2.21 bits per heavy atom. The third kappa shape index (κ3) is 8.37. The van der Waals surface area contributed by atoms with E-state index >= 15 is 0 Å². The van der Waals surface area contributed by atoms with E-state index in [1.807, 2.05) is 0 Å². The molecule has 15 nitrogen and oxygen atoms in total. The Kier molecular flexibility index (Phi) is 9.87. The first-order valence-electron chi connectivity index (χ1n) is 13.8. The first-order chi connectivity index (χ1) is 22.7. The number of pyridine rings is 1. The van der Waals surface area contributed by atoms with Crippen molar-refractivity contribution in [2.24, 2.45) is 0 Å². The van der Waals surface area contributed by atoms with E-state index < -0.39 is 29.7 Å². The number of halogens is 1. The SMILES string of the molecule is O=C(Nc1cc(Cl)ccc1-n1cnnn1)C(=O)NC(Cc1ccc(NC(=O)c2cccnc2)cc1)C(=O)Nc1ccc(C(=O)O)cc1. The van der Waals surface area contributed by atoms with Gasteiger partial charge in [0, 0.05) is 35.2 Å². The highest BCUT2D eigenvalue weighted by Crippen LogP contribution is 2.24. The van der Waals surface area contributed by atoms with Gasteiger partial charge in [-0.25, -0.2) is 4.79 Å². The van der Waals surface area contributed by atoms with Crippen molar-refractivity contribution in [3.05, 3.63) is 119 Å². The first kappa shape index (κ1) is 31.9. The van der Waals surface area contributed by atoms with Crippen molar-refractivity contribution in [2.45, 2.75) is 12.5 Å². The van der Waals surface area contributed by atoms with Gasteiger partial charge in [0.05, 0.1) is 22.5 Å². The molecule has 5 aromatic rings. The van der Waals surface area contributed by atoms with Crippen molar-refractivity contribution in [1.82, 2.24) is 30.5 Å². The Morgan fingerprint density at radius 1 is 0.830 bits per heavy atom. The van der Waals surface area contributed by atoms with E-state index in [2.05, 4.69) is 41.8 Å². The number of aromatic nitrogens is 5. The number of amides is 4. The van der Waals surface area contributed by atoms with Crippen molar-refractivity contribution in [3.8, 4) is 5.69 Å². The van der Waals surface area contributed by atoms with E-state index in [-0.39, 0.29) is 34.3 Å². The molecule has 2 aromatic heterocycles. The van der Waals surface area contributed by atoms with Gasteiger partial charge in [-0.15, -0.1) is 5.10 Å². The van der Waals surface area contributed by atoms with Crippen molar-refractivity contribution in [2.75, 3.05) is 16.0 Å². The van der Waals surface area contributed by atoms with E-state index in [9.17, 15) is 24.0 Å². The van der Waals surface area contributed by atoms with Gasteiger partial charge in [-0.3, -0.25) is 24.2 Å². The van der Waals surface area contributed by atoms with Gasteiger partial charge in [0.1, 0.15) is 12.4 Å². The molecule has 2 heterocycles. The number of hydrogen-bond acceptors (Lipinski definition) is 9. The van der Waals surface area contributed by atoms with Crippen LogP contribution in [0.2, 0.25) is 5.02 Å². The molecule has 1 unspecified atom stereocenters. The molecule has 0 saturated carbocycles. The fourth-order valence-corrected chi connectivity index (χ4v) is 4.45. The fourth-order valence-electron chi connectivity index (χ4n) is 4.28. The van der Waals surface area contributed by atoms with Crippen LogP contribution < -0.4 is 21.3 Å². The molecule has 5 N–H and O–H groups in total. The molecule has 0 bridgehead atoms. The van der Waals surface area contributed by atoms with Crippen LogP contribution in [0.15, 0.2) is 97.6 Å². The van der Waals surface area contributed by atoms with Crippen LogP contribution in [-0.4, -0.2) is 65.9 Å². The highest BCUT2D eigenvalue weighted by atomic mass is 35.5. The van der Waals surface area contributed by atoms with Crippen LogP contribution in [0.4, 0.5) is 17.1 Å². The van der Waals surface area contributed by atoms with Gasteiger partial charge < -0.3 is 26.4 Å². The van der Waals surface area contributed by atoms with E-state index in [0.717, 1.165) is 0 Å². The van der Waals surface area contributed by atoms with Crippen LogP contribution in [-0.2, 0) is 20.8 Å². The smallest absolute Gasteiger partial charge is 0.335 e. The molecule has 0 spiro atoms. The molecule has 3 aromatic carbocycles. The Labute approximate surface area is 271 Å². The predicted octanol–water partition coefficient (Wildman–Crippen LogP) is 2.97. The number of tetrazole rings is 1. The Balaban J connectivity index is 1.32. The zero-order valence-electron chi connectivity index (χ0n) is 24.1. The van der Waals surface area contributed by atoms with Crippen molar-refractivity contribution < 1.29 is 29.1 Å². The minimum Gasteiger partial charge on any atom is -0.478 e.